The quantitative estimate of drug-likeness (QED) is 0.547. The lowest BCUT2D eigenvalue weighted by atomic mass is 10.0. The number of ether oxygens (including phenoxy) is 1. The predicted octanol–water partition coefficient (Wildman–Crippen LogP) is 2.18. The number of aliphatic hydroxyl groups excluding tert-OH is 1. The van der Waals surface area contributed by atoms with Gasteiger partial charge in [0.15, 0.2) is 5.82 Å². The number of benzene rings is 1. The highest BCUT2D eigenvalue weighted by Crippen LogP contribution is 2.34. The van der Waals surface area contributed by atoms with Crippen molar-refractivity contribution in [2.45, 2.75) is 38.1 Å². The van der Waals surface area contributed by atoms with Gasteiger partial charge in [-0.3, -0.25) is 0 Å². The van der Waals surface area contributed by atoms with E-state index in [1.54, 1.807) is 6.07 Å². The van der Waals surface area contributed by atoms with Gasteiger partial charge < -0.3 is 19.7 Å². The monoisotopic (exact) mass is 510 g/mol. The fraction of sp³-hybridized carbons (Fsp3) is 0.476. The molecule has 0 saturated carbocycles. The van der Waals surface area contributed by atoms with E-state index in [2.05, 4.69) is 20.3 Å². The Morgan fingerprint density at radius 3 is 2.85 bits per heavy atom. The van der Waals surface area contributed by atoms with Crippen molar-refractivity contribution >= 4 is 38.6 Å². The zero-order chi connectivity index (χ0) is 24.2. The molecule has 2 aromatic heterocycles. The van der Waals surface area contributed by atoms with Gasteiger partial charge >= 0.3 is 0 Å². The predicted molar refractivity (Wildman–Crippen MR) is 125 cm³/mol. The van der Waals surface area contributed by atoms with Crippen LogP contribution in [-0.4, -0.2) is 75.4 Å². The van der Waals surface area contributed by atoms with Gasteiger partial charge in [-0.2, -0.15) is 4.31 Å². The molecule has 2 N–H and O–H groups in total. The molecule has 13 heteroatoms. The first-order valence-electron chi connectivity index (χ1n) is 10.8. The van der Waals surface area contributed by atoms with E-state index in [4.69, 9.17) is 16.3 Å². The van der Waals surface area contributed by atoms with Crippen molar-refractivity contribution in [2.24, 2.45) is 0 Å². The zero-order valence-electron chi connectivity index (χ0n) is 18.6. The molecule has 34 heavy (non-hydrogen) atoms. The van der Waals surface area contributed by atoms with Crippen LogP contribution < -0.4 is 5.32 Å². The summed E-state index contributed by atoms with van der Waals surface area (Å²) < 4.78 is 47.3. The van der Waals surface area contributed by atoms with Crippen molar-refractivity contribution in [2.75, 3.05) is 31.3 Å². The highest BCUT2D eigenvalue weighted by molar-refractivity contribution is 7.88. The highest BCUT2D eigenvalue weighted by Gasteiger charge is 2.32. The van der Waals surface area contributed by atoms with Gasteiger partial charge in [-0.15, -0.1) is 0 Å². The van der Waals surface area contributed by atoms with E-state index in [1.165, 1.54) is 16.6 Å². The molecule has 0 spiro atoms. The minimum atomic E-state index is -3.38. The third kappa shape index (κ3) is 4.24. The highest BCUT2D eigenvalue weighted by atomic mass is 35.5. The summed E-state index contributed by atoms with van der Waals surface area (Å²) in [6.45, 7) is 3.05. The van der Waals surface area contributed by atoms with Crippen LogP contribution in [0, 0.1) is 5.82 Å². The molecule has 0 radical (unpaired) electrons. The van der Waals surface area contributed by atoms with Crippen LogP contribution in [0.2, 0.25) is 5.02 Å². The largest absolute Gasteiger partial charge is 0.390 e. The maximum absolute atomic E-state index is 15.0. The first kappa shape index (κ1) is 23.4. The second-order valence-electron chi connectivity index (χ2n) is 8.71. The van der Waals surface area contributed by atoms with Gasteiger partial charge in [0.1, 0.15) is 17.9 Å². The van der Waals surface area contributed by atoms with E-state index in [0.717, 1.165) is 6.26 Å². The average molecular weight is 511 g/mol. The number of aromatic nitrogens is 4. The Morgan fingerprint density at radius 1 is 1.32 bits per heavy atom. The second kappa shape index (κ2) is 8.68. The molecule has 0 aliphatic carbocycles. The van der Waals surface area contributed by atoms with Crippen LogP contribution in [0.25, 0.3) is 22.3 Å². The van der Waals surface area contributed by atoms with E-state index < -0.39 is 28.0 Å². The topological polar surface area (TPSA) is 122 Å². The molecule has 3 aromatic rings. The molecule has 1 saturated heterocycles. The Hall–Kier alpha value is -2.38. The summed E-state index contributed by atoms with van der Waals surface area (Å²) in [6.07, 6.45) is 1.96. The lowest BCUT2D eigenvalue weighted by Crippen LogP contribution is -2.51. The first-order chi connectivity index (χ1) is 16.1. The lowest BCUT2D eigenvalue weighted by Gasteiger charge is -2.34. The van der Waals surface area contributed by atoms with Gasteiger partial charge in [-0.1, -0.05) is 11.6 Å². The van der Waals surface area contributed by atoms with Gasteiger partial charge in [0, 0.05) is 18.7 Å². The van der Waals surface area contributed by atoms with Crippen molar-refractivity contribution in [1.29, 1.82) is 0 Å². The molecule has 3 atom stereocenters. The molecule has 10 nitrogen and oxygen atoms in total. The summed E-state index contributed by atoms with van der Waals surface area (Å²) in [6, 6.07) is 2.69. The maximum Gasteiger partial charge on any atom is 0.223 e. The summed E-state index contributed by atoms with van der Waals surface area (Å²) >= 11 is 6.38. The number of imidazole rings is 1. The Bertz CT molecular complexity index is 1370. The minimum absolute atomic E-state index is 0.000730. The third-order valence-corrected chi connectivity index (χ3v) is 7.74. The standard InChI is InChI=1S/C21H24ClFN6O4S/c1-11-9-33-10-18-26-20-14(23)5-12(6-16(20)29(11)18)19-13(22)7-24-21(27-19)25-15-3-4-28(8-17(15)30)34(2,31)32/h5-7,11,15,17,30H,3-4,8-10H2,1-2H3,(H,24,25,27)/t11-,15+,17+/m0/s1. The summed E-state index contributed by atoms with van der Waals surface area (Å²) in [7, 11) is -3.38. The number of nitrogens with zero attached hydrogens (tertiary/aromatic N) is 5. The van der Waals surface area contributed by atoms with Crippen molar-refractivity contribution in [3.63, 3.8) is 0 Å². The number of hydrogen-bond acceptors (Lipinski definition) is 8. The molecule has 182 valence electrons. The van der Waals surface area contributed by atoms with Gasteiger partial charge in [0.05, 0.1) is 53.5 Å². The van der Waals surface area contributed by atoms with Gasteiger partial charge in [-0.05, 0) is 25.5 Å². The lowest BCUT2D eigenvalue weighted by molar-refractivity contribution is 0.0621. The number of rotatable bonds is 4. The molecular formula is C21H24ClFN6O4S. The van der Waals surface area contributed by atoms with Crippen molar-refractivity contribution in [1.82, 2.24) is 23.8 Å². The van der Waals surface area contributed by atoms with Crippen LogP contribution in [0.5, 0.6) is 0 Å². The zero-order valence-corrected chi connectivity index (χ0v) is 20.1. The fourth-order valence-electron chi connectivity index (χ4n) is 4.50. The molecule has 0 amide bonds. The molecule has 0 bridgehead atoms. The number of nitrogens with one attached hydrogen (secondary N) is 1. The summed E-state index contributed by atoms with van der Waals surface area (Å²) in [5, 5.41) is 13.8. The molecule has 2 aliphatic rings. The maximum atomic E-state index is 15.0. The van der Waals surface area contributed by atoms with Crippen LogP contribution in [0.1, 0.15) is 25.2 Å². The van der Waals surface area contributed by atoms with E-state index in [0.29, 0.717) is 42.2 Å². The van der Waals surface area contributed by atoms with E-state index in [9.17, 15) is 13.5 Å². The summed E-state index contributed by atoms with van der Waals surface area (Å²) in [5.41, 5.74) is 1.70. The number of β-amino-alcohol motifs (C(OH)–C–C–N with tert-alkyl or cyclic N) is 1. The molecule has 0 unspecified atom stereocenters. The molecule has 2 aliphatic heterocycles. The average Bonchev–Trinajstić information content (AvgIpc) is 3.16. The summed E-state index contributed by atoms with van der Waals surface area (Å²) in [4.78, 5) is 13.1. The van der Waals surface area contributed by atoms with Gasteiger partial charge in [0.25, 0.3) is 0 Å². The first-order valence-corrected chi connectivity index (χ1v) is 13.0. The van der Waals surface area contributed by atoms with Crippen molar-refractivity contribution < 1.29 is 22.7 Å². The van der Waals surface area contributed by atoms with E-state index in [1.807, 2.05) is 11.5 Å². The van der Waals surface area contributed by atoms with Crippen LogP contribution in [0.3, 0.4) is 0 Å². The van der Waals surface area contributed by atoms with E-state index in [-0.39, 0.29) is 35.6 Å². The van der Waals surface area contributed by atoms with Crippen LogP contribution in [0.4, 0.5) is 10.3 Å². The van der Waals surface area contributed by atoms with E-state index >= 15 is 4.39 Å². The summed E-state index contributed by atoms with van der Waals surface area (Å²) in [5.74, 6) is 0.374. The molecule has 4 heterocycles. The van der Waals surface area contributed by atoms with Crippen molar-refractivity contribution in [3.05, 3.63) is 35.0 Å². The number of hydrogen-bond donors (Lipinski definition) is 2. The molecule has 1 aromatic carbocycles. The molecule has 5 rings (SSSR count). The minimum Gasteiger partial charge on any atom is -0.390 e. The van der Waals surface area contributed by atoms with Gasteiger partial charge in [-0.25, -0.2) is 27.8 Å². The number of aliphatic hydroxyl groups is 1. The smallest absolute Gasteiger partial charge is 0.223 e. The molecule has 1 fully saturated rings. The van der Waals surface area contributed by atoms with Crippen LogP contribution in [-0.2, 0) is 21.4 Å². The number of fused-ring (bicyclic) bond motifs is 3. The van der Waals surface area contributed by atoms with Crippen molar-refractivity contribution in [3.8, 4) is 11.3 Å². The Morgan fingerprint density at radius 2 is 2.12 bits per heavy atom. The molecular weight excluding hydrogens is 487 g/mol. The Balaban J connectivity index is 1.46. The second-order valence-corrected chi connectivity index (χ2v) is 11.1. The number of piperidine rings is 1. The Kier molecular flexibility index (Phi) is 5.97. The number of sulfonamides is 1. The fourth-order valence-corrected chi connectivity index (χ4v) is 5.56. The van der Waals surface area contributed by atoms with Crippen LogP contribution in [0.15, 0.2) is 18.3 Å². The third-order valence-electron chi connectivity index (χ3n) is 6.20. The SMILES string of the molecule is C[C@H]1COCc2nc3c(F)cc(-c4nc(N[C@@H]5CCN(S(C)(=O)=O)C[C@H]5O)ncc4Cl)cc3n21. The van der Waals surface area contributed by atoms with Crippen LogP contribution >= 0.6 is 11.6 Å². The Labute approximate surface area is 200 Å². The van der Waals surface area contributed by atoms with Gasteiger partial charge in [0.2, 0.25) is 16.0 Å². The number of anilines is 1. The number of halogens is 2. The normalized spacial score (nSPS) is 23.7.